The molecular weight excluding hydrogens is 234 g/mol. The maximum atomic E-state index is 6.02. The summed E-state index contributed by atoms with van der Waals surface area (Å²) >= 11 is 1.64. The molecule has 1 aromatic rings. The van der Waals surface area contributed by atoms with Crippen LogP contribution in [-0.2, 0) is 11.3 Å². The molecule has 0 aliphatic carbocycles. The van der Waals surface area contributed by atoms with Crippen LogP contribution in [0.15, 0.2) is 10.9 Å². The van der Waals surface area contributed by atoms with Crippen LogP contribution >= 0.6 is 11.3 Å². The molecule has 1 aliphatic heterocycles. The third-order valence-corrected chi connectivity index (χ3v) is 4.34. The number of hydrogen-bond donors (Lipinski definition) is 1. The largest absolute Gasteiger partial charge is 0.378 e. The first kappa shape index (κ1) is 13.0. The van der Waals surface area contributed by atoms with Gasteiger partial charge in [0.25, 0.3) is 0 Å². The molecule has 0 saturated carbocycles. The van der Waals surface area contributed by atoms with Crippen LogP contribution in [0.3, 0.4) is 0 Å². The number of ether oxygens (including phenoxy) is 1. The van der Waals surface area contributed by atoms with Gasteiger partial charge in [0, 0.05) is 30.6 Å². The molecule has 1 fully saturated rings. The fourth-order valence-corrected chi connectivity index (χ4v) is 3.11. The summed E-state index contributed by atoms with van der Waals surface area (Å²) in [6.07, 6.45) is 2.31. The van der Waals surface area contributed by atoms with E-state index in [2.05, 4.69) is 29.2 Å². The third-order valence-electron chi connectivity index (χ3n) is 3.71. The molecule has 0 aromatic carbocycles. The summed E-state index contributed by atoms with van der Waals surface area (Å²) in [7, 11) is 2.14. The van der Waals surface area contributed by atoms with Gasteiger partial charge in [-0.25, -0.2) is 4.98 Å². The van der Waals surface area contributed by atoms with Crippen LogP contribution in [-0.4, -0.2) is 41.7 Å². The van der Waals surface area contributed by atoms with E-state index < -0.39 is 0 Å². The first-order valence-electron chi connectivity index (χ1n) is 6.06. The van der Waals surface area contributed by atoms with E-state index in [0.717, 1.165) is 31.7 Å². The van der Waals surface area contributed by atoms with Crippen LogP contribution in [0.5, 0.6) is 0 Å². The minimum atomic E-state index is 0.0707. The first-order chi connectivity index (χ1) is 8.16. The molecule has 17 heavy (non-hydrogen) atoms. The summed E-state index contributed by atoms with van der Waals surface area (Å²) in [5.41, 5.74) is 9.10. The number of nitrogens with zero attached hydrogens (tertiary/aromatic N) is 2. The van der Waals surface area contributed by atoms with Gasteiger partial charge in [0.1, 0.15) is 0 Å². The van der Waals surface area contributed by atoms with Crippen molar-refractivity contribution in [2.75, 3.05) is 20.2 Å². The molecule has 1 aliphatic rings. The Labute approximate surface area is 107 Å². The van der Waals surface area contributed by atoms with Gasteiger partial charge in [-0.05, 0) is 26.8 Å². The summed E-state index contributed by atoms with van der Waals surface area (Å²) in [6.45, 7) is 4.48. The second-order valence-electron chi connectivity index (χ2n) is 4.90. The van der Waals surface area contributed by atoms with E-state index >= 15 is 0 Å². The summed E-state index contributed by atoms with van der Waals surface area (Å²) < 4.78 is 5.62. The molecule has 4 nitrogen and oxygen atoms in total. The van der Waals surface area contributed by atoms with E-state index in [1.807, 2.05) is 5.51 Å². The SMILES string of the molecule is CC1CC(CN)(N(C)Cc2cscn2)CCO1. The van der Waals surface area contributed by atoms with Gasteiger partial charge >= 0.3 is 0 Å². The van der Waals surface area contributed by atoms with Gasteiger partial charge in [0.05, 0.1) is 17.3 Å². The lowest BCUT2D eigenvalue weighted by Crippen LogP contribution is -2.56. The highest BCUT2D eigenvalue weighted by Crippen LogP contribution is 2.30. The highest BCUT2D eigenvalue weighted by atomic mass is 32.1. The van der Waals surface area contributed by atoms with E-state index in [-0.39, 0.29) is 5.54 Å². The summed E-state index contributed by atoms with van der Waals surface area (Å²) in [5.74, 6) is 0. The average molecular weight is 255 g/mol. The predicted octanol–water partition coefficient (Wildman–Crippen LogP) is 1.47. The number of thiazole rings is 1. The zero-order valence-electron chi connectivity index (χ0n) is 10.6. The molecule has 1 saturated heterocycles. The lowest BCUT2D eigenvalue weighted by Gasteiger charge is -2.45. The minimum Gasteiger partial charge on any atom is -0.378 e. The molecule has 0 amide bonds. The zero-order valence-corrected chi connectivity index (χ0v) is 11.4. The molecule has 2 rings (SSSR count). The summed E-state index contributed by atoms with van der Waals surface area (Å²) in [6, 6.07) is 0. The van der Waals surface area contributed by atoms with Gasteiger partial charge in [-0.15, -0.1) is 11.3 Å². The van der Waals surface area contributed by atoms with Crippen molar-refractivity contribution in [2.45, 2.75) is 38.0 Å². The highest BCUT2D eigenvalue weighted by Gasteiger charge is 2.38. The van der Waals surface area contributed by atoms with Gasteiger partial charge in [0.2, 0.25) is 0 Å². The zero-order chi connectivity index (χ0) is 12.3. The molecule has 0 spiro atoms. The van der Waals surface area contributed by atoms with Gasteiger partial charge in [-0.1, -0.05) is 0 Å². The van der Waals surface area contributed by atoms with E-state index in [4.69, 9.17) is 10.5 Å². The standard InChI is InChI=1S/C12H21N3OS/c1-10-5-12(8-13,3-4-16-10)15(2)6-11-7-17-9-14-11/h7,9-10H,3-6,8,13H2,1-2H3. The van der Waals surface area contributed by atoms with Crippen molar-refractivity contribution in [3.63, 3.8) is 0 Å². The normalized spacial score (nSPS) is 29.8. The monoisotopic (exact) mass is 255 g/mol. The van der Waals surface area contributed by atoms with E-state index in [9.17, 15) is 0 Å². The number of nitrogens with two attached hydrogens (primary N) is 1. The Bertz CT molecular complexity index is 344. The number of likely N-dealkylation sites (N-methyl/N-ethyl adjacent to an activating group) is 1. The molecular formula is C12H21N3OS. The second kappa shape index (κ2) is 5.44. The van der Waals surface area contributed by atoms with Crippen molar-refractivity contribution >= 4 is 11.3 Å². The van der Waals surface area contributed by atoms with Crippen LogP contribution in [0.2, 0.25) is 0 Å². The fourth-order valence-electron chi connectivity index (χ4n) is 2.56. The Balaban J connectivity index is 2.06. The Morgan fingerprint density at radius 3 is 3.12 bits per heavy atom. The van der Waals surface area contributed by atoms with Gasteiger partial charge < -0.3 is 10.5 Å². The minimum absolute atomic E-state index is 0.0707. The molecule has 1 aromatic heterocycles. The molecule has 2 heterocycles. The smallest absolute Gasteiger partial charge is 0.0795 e. The number of rotatable bonds is 4. The van der Waals surface area contributed by atoms with Crippen LogP contribution < -0.4 is 5.73 Å². The Morgan fingerprint density at radius 1 is 1.71 bits per heavy atom. The van der Waals surface area contributed by atoms with Crippen LogP contribution in [0.1, 0.15) is 25.5 Å². The topological polar surface area (TPSA) is 51.4 Å². The van der Waals surface area contributed by atoms with Crippen molar-refractivity contribution in [3.8, 4) is 0 Å². The van der Waals surface area contributed by atoms with Gasteiger partial charge in [-0.2, -0.15) is 0 Å². The lowest BCUT2D eigenvalue weighted by atomic mass is 9.85. The van der Waals surface area contributed by atoms with Crippen molar-refractivity contribution in [1.82, 2.24) is 9.88 Å². The summed E-state index contributed by atoms with van der Waals surface area (Å²) in [4.78, 5) is 6.69. The third kappa shape index (κ3) is 2.85. The Kier molecular flexibility index (Phi) is 4.14. The number of aromatic nitrogens is 1. The molecule has 0 radical (unpaired) electrons. The van der Waals surface area contributed by atoms with Crippen molar-refractivity contribution in [1.29, 1.82) is 0 Å². The second-order valence-corrected chi connectivity index (χ2v) is 5.62. The fraction of sp³-hybridized carbons (Fsp3) is 0.750. The molecule has 2 N–H and O–H groups in total. The highest BCUT2D eigenvalue weighted by molar-refractivity contribution is 7.07. The van der Waals surface area contributed by atoms with E-state index in [0.29, 0.717) is 12.6 Å². The quantitative estimate of drug-likeness (QED) is 0.885. The van der Waals surface area contributed by atoms with Crippen LogP contribution in [0.4, 0.5) is 0 Å². The van der Waals surface area contributed by atoms with Gasteiger partial charge in [-0.3, -0.25) is 4.90 Å². The Morgan fingerprint density at radius 2 is 2.53 bits per heavy atom. The van der Waals surface area contributed by atoms with Crippen molar-refractivity contribution < 1.29 is 4.74 Å². The first-order valence-corrected chi connectivity index (χ1v) is 7.00. The van der Waals surface area contributed by atoms with Gasteiger partial charge in [0.15, 0.2) is 0 Å². The molecule has 2 atom stereocenters. The van der Waals surface area contributed by atoms with E-state index in [1.165, 1.54) is 0 Å². The maximum absolute atomic E-state index is 6.02. The average Bonchev–Trinajstić information content (AvgIpc) is 2.81. The molecule has 2 unspecified atom stereocenters. The number of hydrogen-bond acceptors (Lipinski definition) is 5. The van der Waals surface area contributed by atoms with Crippen LogP contribution in [0, 0.1) is 0 Å². The molecule has 96 valence electrons. The molecule has 0 bridgehead atoms. The maximum Gasteiger partial charge on any atom is 0.0795 e. The Hall–Kier alpha value is -0.490. The van der Waals surface area contributed by atoms with Crippen molar-refractivity contribution in [2.24, 2.45) is 5.73 Å². The predicted molar refractivity (Wildman–Crippen MR) is 70.0 cm³/mol. The van der Waals surface area contributed by atoms with Crippen molar-refractivity contribution in [3.05, 3.63) is 16.6 Å². The lowest BCUT2D eigenvalue weighted by molar-refractivity contribution is -0.0586. The molecule has 5 heteroatoms. The summed E-state index contributed by atoms with van der Waals surface area (Å²) in [5, 5.41) is 2.10. The van der Waals surface area contributed by atoms with E-state index in [1.54, 1.807) is 11.3 Å². The van der Waals surface area contributed by atoms with Crippen LogP contribution in [0.25, 0.3) is 0 Å².